The van der Waals surface area contributed by atoms with Gasteiger partial charge in [-0.25, -0.2) is 0 Å². The molecule has 17 heavy (non-hydrogen) atoms. The van der Waals surface area contributed by atoms with Crippen molar-refractivity contribution in [3.8, 4) is 0 Å². The molecular weight excluding hydrogens is 232 g/mol. The molecule has 2 heterocycles. The fourth-order valence-electron chi connectivity index (χ4n) is 2.77. The maximum atomic E-state index is 5.62. The Balaban J connectivity index is 1.63. The van der Waals surface area contributed by atoms with Crippen molar-refractivity contribution >= 4 is 11.8 Å². The lowest BCUT2D eigenvalue weighted by atomic mass is 10.2. The van der Waals surface area contributed by atoms with Crippen LogP contribution in [0.15, 0.2) is 0 Å². The molecule has 2 aliphatic rings. The van der Waals surface area contributed by atoms with E-state index in [0.717, 1.165) is 25.7 Å². The number of ether oxygens (including phenoxy) is 1. The van der Waals surface area contributed by atoms with Crippen molar-refractivity contribution in [1.29, 1.82) is 0 Å². The van der Waals surface area contributed by atoms with Gasteiger partial charge in [0.05, 0.1) is 6.10 Å². The predicted octanol–water partition coefficient (Wildman–Crippen LogP) is 1.58. The number of thioether (sulfide) groups is 1. The first-order valence-corrected chi connectivity index (χ1v) is 8.08. The van der Waals surface area contributed by atoms with Gasteiger partial charge in [-0.05, 0) is 26.7 Å². The summed E-state index contributed by atoms with van der Waals surface area (Å²) < 4.78 is 5.62. The van der Waals surface area contributed by atoms with Crippen molar-refractivity contribution in [2.45, 2.75) is 44.9 Å². The molecule has 0 bridgehead atoms. The first kappa shape index (κ1) is 13.7. The molecular formula is C13H26N2OS. The molecule has 0 amide bonds. The predicted molar refractivity (Wildman–Crippen MR) is 74.8 cm³/mol. The molecule has 0 spiro atoms. The van der Waals surface area contributed by atoms with Crippen molar-refractivity contribution in [3.63, 3.8) is 0 Å². The smallest absolute Gasteiger partial charge is 0.0700 e. The highest BCUT2D eigenvalue weighted by atomic mass is 32.2. The summed E-state index contributed by atoms with van der Waals surface area (Å²) in [4.78, 5) is 2.64. The summed E-state index contributed by atoms with van der Waals surface area (Å²) >= 11 is 2.09. The van der Waals surface area contributed by atoms with Crippen molar-refractivity contribution in [1.82, 2.24) is 10.2 Å². The molecule has 0 aromatic heterocycles. The molecule has 4 heteroatoms. The molecule has 3 atom stereocenters. The highest BCUT2D eigenvalue weighted by Crippen LogP contribution is 2.18. The van der Waals surface area contributed by atoms with Crippen LogP contribution in [0, 0.1) is 0 Å². The lowest BCUT2D eigenvalue weighted by molar-refractivity contribution is 0.105. The van der Waals surface area contributed by atoms with Crippen LogP contribution in [0.1, 0.15) is 26.7 Å². The molecule has 0 radical (unpaired) electrons. The van der Waals surface area contributed by atoms with Crippen LogP contribution in [0.2, 0.25) is 0 Å². The maximum Gasteiger partial charge on any atom is 0.0700 e. The summed E-state index contributed by atoms with van der Waals surface area (Å²) in [6, 6.07) is 1.38. The van der Waals surface area contributed by atoms with Crippen molar-refractivity contribution in [3.05, 3.63) is 0 Å². The topological polar surface area (TPSA) is 24.5 Å². The van der Waals surface area contributed by atoms with Gasteiger partial charge in [0.25, 0.3) is 0 Å². The van der Waals surface area contributed by atoms with E-state index in [-0.39, 0.29) is 0 Å². The average molecular weight is 258 g/mol. The molecule has 1 N–H and O–H groups in total. The fraction of sp³-hybridized carbons (Fsp3) is 1.00. The average Bonchev–Trinajstić information content (AvgIpc) is 2.82. The van der Waals surface area contributed by atoms with E-state index >= 15 is 0 Å². The van der Waals surface area contributed by atoms with Crippen molar-refractivity contribution in [2.24, 2.45) is 0 Å². The van der Waals surface area contributed by atoms with E-state index < -0.39 is 0 Å². The number of nitrogens with zero attached hydrogens (tertiary/aromatic N) is 1. The molecule has 3 nitrogen and oxygen atoms in total. The van der Waals surface area contributed by atoms with Gasteiger partial charge < -0.3 is 10.1 Å². The molecule has 3 unspecified atom stereocenters. The van der Waals surface area contributed by atoms with E-state index in [1.165, 1.54) is 30.9 Å². The molecule has 0 aromatic rings. The summed E-state index contributed by atoms with van der Waals surface area (Å²) in [6.07, 6.45) is 2.94. The summed E-state index contributed by atoms with van der Waals surface area (Å²) in [5.74, 6) is 2.58. The number of hydrogen-bond acceptors (Lipinski definition) is 4. The van der Waals surface area contributed by atoms with Gasteiger partial charge in [0.15, 0.2) is 0 Å². The molecule has 2 saturated heterocycles. The highest BCUT2D eigenvalue weighted by Gasteiger charge is 2.23. The van der Waals surface area contributed by atoms with Crippen LogP contribution in [0.5, 0.6) is 0 Å². The van der Waals surface area contributed by atoms with Crippen LogP contribution in [-0.4, -0.2) is 60.8 Å². The Kier molecular flexibility index (Phi) is 5.60. The Morgan fingerprint density at radius 3 is 3.12 bits per heavy atom. The second-order valence-corrected chi connectivity index (χ2v) is 6.45. The number of rotatable bonds is 5. The second kappa shape index (κ2) is 6.98. The molecule has 100 valence electrons. The summed E-state index contributed by atoms with van der Waals surface area (Å²) in [5, 5.41) is 3.57. The van der Waals surface area contributed by atoms with Crippen molar-refractivity contribution < 1.29 is 4.74 Å². The van der Waals surface area contributed by atoms with E-state index in [2.05, 4.69) is 35.8 Å². The summed E-state index contributed by atoms with van der Waals surface area (Å²) in [6.45, 7) is 9.02. The van der Waals surface area contributed by atoms with E-state index in [9.17, 15) is 0 Å². The van der Waals surface area contributed by atoms with Gasteiger partial charge >= 0.3 is 0 Å². The Hall–Kier alpha value is 0.230. The van der Waals surface area contributed by atoms with Gasteiger partial charge in [0.1, 0.15) is 0 Å². The fourth-order valence-corrected chi connectivity index (χ4v) is 3.81. The van der Waals surface area contributed by atoms with Crippen LogP contribution in [0.3, 0.4) is 0 Å². The third-order valence-corrected chi connectivity index (χ3v) is 5.01. The lowest BCUT2D eigenvalue weighted by Gasteiger charge is -2.38. The quantitative estimate of drug-likeness (QED) is 0.809. The van der Waals surface area contributed by atoms with Crippen LogP contribution in [0.4, 0.5) is 0 Å². The zero-order chi connectivity index (χ0) is 12.1. The first-order chi connectivity index (χ1) is 8.27. The molecule has 2 rings (SSSR count). The van der Waals surface area contributed by atoms with Crippen molar-refractivity contribution in [2.75, 3.05) is 37.7 Å². The Labute approximate surface area is 110 Å². The van der Waals surface area contributed by atoms with Crippen LogP contribution in [-0.2, 0) is 4.74 Å². The molecule has 0 aliphatic carbocycles. The Morgan fingerprint density at radius 1 is 1.53 bits per heavy atom. The van der Waals surface area contributed by atoms with Gasteiger partial charge in [-0.15, -0.1) is 0 Å². The van der Waals surface area contributed by atoms with Gasteiger partial charge in [0.2, 0.25) is 0 Å². The highest BCUT2D eigenvalue weighted by molar-refractivity contribution is 7.99. The normalized spacial score (nSPS) is 32.8. The lowest BCUT2D eigenvalue weighted by Crippen LogP contribution is -2.50. The monoisotopic (exact) mass is 258 g/mol. The standard InChI is InChI=1S/C13H26N2OS/c1-11(15-5-7-17-10-12(15)2)8-14-9-13-4-3-6-16-13/h11-14H,3-10H2,1-2H3. The minimum atomic E-state index is 0.469. The summed E-state index contributed by atoms with van der Waals surface area (Å²) in [7, 11) is 0. The number of hydrogen-bond donors (Lipinski definition) is 1. The summed E-state index contributed by atoms with van der Waals surface area (Å²) in [5.41, 5.74) is 0. The number of nitrogens with one attached hydrogen (secondary N) is 1. The second-order valence-electron chi connectivity index (χ2n) is 5.30. The van der Waals surface area contributed by atoms with Crippen LogP contribution in [0.25, 0.3) is 0 Å². The van der Waals surface area contributed by atoms with Gasteiger partial charge in [-0.1, -0.05) is 0 Å². The third kappa shape index (κ3) is 4.12. The minimum Gasteiger partial charge on any atom is -0.377 e. The van der Waals surface area contributed by atoms with Gasteiger partial charge in [0, 0.05) is 49.8 Å². The minimum absolute atomic E-state index is 0.469. The maximum absolute atomic E-state index is 5.62. The SMILES string of the molecule is CC(CNCC1CCCO1)N1CCSCC1C. The first-order valence-electron chi connectivity index (χ1n) is 6.93. The molecule has 2 fully saturated rings. The molecule has 0 aromatic carbocycles. The zero-order valence-corrected chi connectivity index (χ0v) is 12.0. The Bertz CT molecular complexity index is 221. The molecule has 2 aliphatic heterocycles. The van der Waals surface area contributed by atoms with E-state index in [0.29, 0.717) is 12.1 Å². The van der Waals surface area contributed by atoms with E-state index in [1.807, 2.05) is 0 Å². The largest absolute Gasteiger partial charge is 0.377 e. The van der Waals surface area contributed by atoms with Gasteiger partial charge in [-0.3, -0.25) is 4.90 Å². The third-order valence-electron chi connectivity index (χ3n) is 3.82. The van der Waals surface area contributed by atoms with Crippen LogP contribution >= 0.6 is 11.8 Å². The molecule has 0 saturated carbocycles. The Morgan fingerprint density at radius 2 is 2.41 bits per heavy atom. The zero-order valence-electron chi connectivity index (χ0n) is 11.2. The van der Waals surface area contributed by atoms with Gasteiger partial charge in [-0.2, -0.15) is 11.8 Å². The van der Waals surface area contributed by atoms with E-state index in [1.54, 1.807) is 0 Å². The van der Waals surface area contributed by atoms with E-state index in [4.69, 9.17) is 4.74 Å². The van der Waals surface area contributed by atoms with Crippen LogP contribution < -0.4 is 5.32 Å².